The molecule has 1 aliphatic carbocycles. The van der Waals surface area contributed by atoms with Crippen molar-refractivity contribution in [2.24, 2.45) is 0 Å². The molecule has 10 nitrogen and oxygen atoms in total. The molecule has 1 fully saturated rings. The van der Waals surface area contributed by atoms with Gasteiger partial charge >= 0.3 is 0 Å². The number of carbonyl (C=O) groups excluding carboxylic acids is 2. The third kappa shape index (κ3) is 9.77. The highest BCUT2D eigenvalue weighted by molar-refractivity contribution is 7.92. The highest BCUT2D eigenvalue weighted by Crippen LogP contribution is 2.33. The minimum absolute atomic E-state index is 0.00609. The van der Waals surface area contributed by atoms with Crippen molar-refractivity contribution in [3.05, 3.63) is 113 Å². The van der Waals surface area contributed by atoms with Crippen LogP contribution in [-0.4, -0.2) is 64.6 Å². The van der Waals surface area contributed by atoms with Crippen molar-refractivity contribution in [3.8, 4) is 17.2 Å². The fourth-order valence-electron chi connectivity index (χ4n) is 6.44. The lowest BCUT2D eigenvalue weighted by molar-refractivity contribution is -0.140. The zero-order valence-corrected chi connectivity index (χ0v) is 31.4. The van der Waals surface area contributed by atoms with Crippen molar-refractivity contribution in [2.75, 3.05) is 31.7 Å². The number of carbonyl (C=O) groups is 2. The normalized spacial score (nSPS) is 13.8. The molecule has 1 saturated carbocycles. The molecule has 1 aliphatic rings. The van der Waals surface area contributed by atoms with Crippen LogP contribution in [0, 0.1) is 0 Å². The number of nitrogens with one attached hydrogen (secondary N) is 1. The molecule has 0 bridgehead atoms. The third-order valence-corrected chi connectivity index (χ3v) is 11.1. The summed E-state index contributed by atoms with van der Waals surface area (Å²) in [5.74, 6) is 0.252. The highest BCUT2D eigenvalue weighted by Gasteiger charge is 2.36. The van der Waals surface area contributed by atoms with E-state index in [1.807, 2.05) is 43.3 Å². The Morgan fingerprint density at radius 2 is 1.54 bits per heavy atom. The lowest BCUT2D eigenvalue weighted by Gasteiger charge is -2.35. The second-order valence-electron chi connectivity index (χ2n) is 12.7. The summed E-state index contributed by atoms with van der Waals surface area (Å²) in [4.78, 5) is 30.5. The first kappa shape index (κ1) is 38.5. The number of amides is 2. The maximum atomic E-state index is 14.9. The van der Waals surface area contributed by atoms with Crippen molar-refractivity contribution in [3.63, 3.8) is 0 Å². The first-order valence-corrected chi connectivity index (χ1v) is 19.3. The molecule has 1 N–H and O–H groups in total. The largest absolute Gasteiger partial charge is 0.494 e. The minimum atomic E-state index is -4.38. The lowest BCUT2D eigenvalue weighted by Crippen LogP contribution is -2.55. The number of anilines is 1. The van der Waals surface area contributed by atoms with Crippen LogP contribution in [0.25, 0.3) is 0 Å². The van der Waals surface area contributed by atoms with Crippen LogP contribution in [-0.2, 0) is 32.6 Å². The predicted octanol–water partition coefficient (Wildman–Crippen LogP) is 7.04. The van der Waals surface area contributed by atoms with E-state index < -0.39 is 28.5 Å². The van der Waals surface area contributed by atoms with Crippen molar-refractivity contribution < 1.29 is 32.2 Å². The van der Waals surface area contributed by atoms with Gasteiger partial charge in [0.2, 0.25) is 11.8 Å². The summed E-state index contributed by atoms with van der Waals surface area (Å²) in [7, 11) is -1.51. The molecular weight excluding hydrogens is 702 g/mol. The van der Waals surface area contributed by atoms with Crippen molar-refractivity contribution in [1.82, 2.24) is 10.2 Å². The van der Waals surface area contributed by atoms with Crippen LogP contribution in [0.3, 0.4) is 0 Å². The SMILES string of the molecule is CCOc1ccc(N(CC(=O)N(Cc2cccc(Cl)c2)C(Cc2ccccc2)C(=O)NC2CCCCC2)S(=O)(=O)c2ccc(OC)c(OC)c2)cc1. The van der Waals surface area contributed by atoms with Crippen LogP contribution in [0.4, 0.5) is 5.69 Å². The summed E-state index contributed by atoms with van der Waals surface area (Å²) < 4.78 is 46.5. The molecule has 2 amide bonds. The lowest BCUT2D eigenvalue weighted by atomic mass is 9.94. The molecule has 0 heterocycles. The number of hydrogen-bond acceptors (Lipinski definition) is 7. The smallest absolute Gasteiger partial charge is 0.264 e. The zero-order chi connectivity index (χ0) is 37.1. The summed E-state index contributed by atoms with van der Waals surface area (Å²) in [5.41, 5.74) is 1.79. The standard InChI is InChI=1S/C40H46ClN3O7S/c1-4-51-34-20-18-33(19-21-34)44(52(47,48)35-22-23-37(49-2)38(26-35)50-3)28-39(45)43(27-30-14-11-15-31(41)24-30)36(25-29-12-7-5-8-13-29)40(46)42-32-16-9-6-10-17-32/h5,7-8,11-15,18-24,26,32,36H,4,6,9-10,16-17,25,27-28H2,1-3H3,(H,42,46). The third-order valence-electron chi connectivity index (χ3n) is 9.12. The number of methoxy groups -OCH3 is 2. The Bertz CT molecular complexity index is 1900. The molecule has 0 spiro atoms. The fourth-order valence-corrected chi connectivity index (χ4v) is 8.08. The summed E-state index contributed by atoms with van der Waals surface area (Å²) >= 11 is 6.38. The quantitative estimate of drug-likeness (QED) is 0.131. The van der Waals surface area contributed by atoms with Gasteiger partial charge in [-0.15, -0.1) is 0 Å². The Morgan fingerprint density at radius 1 is 0.846 bits per heavy atom. The van der Waals surface area contributed by atoms with E-state index in [1.165, 1.54) is 37.3 Å². The summed E-state index contributed by atoms with van der Waals surface area (Å²) in [6.07, 6.45) is 5.10. The van der Waals surface area contributed by atoms with Gasteiger partial charge in [-0.2, -0.15) is 0 Å². The molecule has 12 heteroatoms. The Hall–Kier alpha value is -4.74. The Balaban J connectivity index is 1.59. The Kier molecular flexibility index (Phi) is 13.4. The van der Waals surface area contributed by atoms with Gasteiger partial charge in [-0.25, -0.2) is 8.42 Å². The first-order valence-electron chi connectivity index (χ1n) is 17.5. The van der Waals surface area contributed by atoms with Crippen LogP contribution in [0.1, 0.15) is 50.2 Å². The fraction of sp³-hybridized carbons (Fsp3) is 0.350. The van der Waals surface area contributed by atoms with Gasteiger partial charge in [-0.1, -0.05) is 73.3 Å². The van der Waals surface area contributed by atoms with Gasteiger partial charge in [0, 0.05) is 30.1 Å². The number of nitrogens with zero attached hydrogens (tertiary/aromatic N) is 2. The van der Waals surface area contributed by atoms with E-state index >= 15 is 0 Å². The second kappa shape index (κ2) is 18.1. The predicted molar refractivity (Wildman–Crippen MR) is 203 cm³/mol. The maximum absolute atomic E-state index is 14.9. The molecule has 276 valence electrons. The van der Waals surface area contributed by atoms with E-state index in [0.717, 1.165) is 42.0 Å². The second-order valence-corrected chi connectivity index (χ2v) is 15.0. The van der Waals surface area contributed by atoms with Crippen LogP contribution in [0.2, 0.25) is 5.02 Å². The van der Waals surface area contributed by atoms with Crippen molar-refractivity contribution in [1.29, 1.82) is 0 Å². The molecule has 0 saturated heterocycles. The van der Waals surface area contributed by atoms with E-state index in [1.54, 1.807) is 42.5 Å². The van der Waals surface area contributed by atoms with Gasteiger partial charge in [-0.3, -0.25) is 13.9 Å². The van der Waals surface area contributed by atoms with Gasteiger partial charge in [-0.05, 0) is 79.4 Å². The van der Waals surface area contributed by atoms with E-state index in [9.17, 15) is 18.0 Å². The average Bonchev–Trinajstić information content (AvgIpc) is 3.16. The van der Waals surface area contributed by atoms with E-state index in [2.05, 4.69) is 5.32 Å². The van der Waals surface area contributed by atoms with Crippen LogP contribution in [0.15, 0.2) is 102 Å². The van der Waals surface area contributed by atoms with Gasteiger partial charge in [0.15, 0.2) is 11.5 Å². The number of halogens is 1. The van der Waals surface area contributed by atoms with Crippen LogP contribution in [0.5, 0.6) is 17.2 Å². The van der Waals surface area contributed by atoms with Gasteiger partial charge in [0.25, 0.3) is 10.0 Å². The molecule has 0 aliphatic heterocycles. The van der Waals surface area contributed by atoms with Gasteiger partial charge < -0.3 is 24.4 Å². The average molecular weight is 748 g/mol. The molecule has 5 rings (SSSR count). The van der Waals surface area contributed by atoms with Gasteiger partial charge in [0.1, 0.15) is 18.3 Å². The molecule has 1 atom stereocenters. The number of rotatable bonds is 16. The van der Waals surface area contributed by atoms with E-state index in [4.69, 9.17) is 25.8 Å². The molecule has 4 aromatic carbocycles. The summed E-state index contributed by atoms with van der Waals surface area (Å²) in [6, 6.07) is 26.4. The first-order chi connectivity index (χ1) is 25.1. The van der Waals surface area contributed by atoms with Crippen LogP contribution >= 0.6 is 11.6 Å². The summed E-state index contributed by atoms with van der Waals surface area (Å²) in [6.45, 7) is 1.69. The minimum Gasteiger partial charge on any atom is -0.494 e. The topological polar surface area (TPSA) is 114 Å². The molecular formula is C40H46ClN3O7S. The highest BCUT2D eigenvalue weighted by atomic mass is 35.5. The number of sulfonamides is 1. The number of benzene rings is 4. The number of hydrogen-bond donors (Lipinski definition) is 1. The molecule has 4 aromatic rings. The van der Waals surface area contributed by atoms with E-state index in [0.29, 0.717) is 28.7 Å². The molecule has 0 aromatic heterocycles. The van der Waals surface area contributed by atoms with Gasteiger partial charge in [0.05, 0.1) is 31.4 Å². The number of ether oxygens (including phenoxy) is 3. The maximum Gasteiger partial charge on any atom is 0.264 e. The monoisotopic (exact) mass is 747 g/mol. The molecule has 52 heavy (non-hydrogen) atoms. The molecule has 1 unspecified atom stereocenters. The van der Waals surface area contributed by atoms with Crippen molar-refractivity contribution >= 4 is 39.1 Å². The van der Waals surface area contributed by atoms with Crippen molar-refractivity contribution in [2.45, 2.75) is 69.0 Å². The van der Waals surface area contributed by atoms with Crippen LogP contribution < -0.4 is 23.8 Å². The molecule has 0 radical (unpaired) electrons. The Morgan fingerprint density at radius 3 is 2.19 bits per heavy atom. The van der Waals surface area contributed by atoms with E-state index in [-0.39, 0.29) is 41.2 Å². The summed E-state index contributed by atoms with van der Waals surface area (Å²) in [5, 5.41) is 3.70. The Labute approximate surface area is 311 Å². The zero-order valence-electron chi connectivity index (χ0n) is 29.8.